The highest BCUT2D eigenvalue weighted by Crippen LogP contribution is 2.24. The minimum atomic E-state index is 0.223. The third-order valence-electron chi connectivity index (χ3n) is 2.47. The van der Waals surface area contributed by atoms with E-state index in [4.69, 9.17) is 5.73 Å². The van der Waals surface area contributed by atoms with E-state index in [0.29, 0.717) is 6.04 Å². The zero-order chi connectivity index (χ0) is 11.4. The minimum Gasteiger partial charge on any atom is -0.328 e. The summed E-state index contributed by atoms with van der Waals surface area (Å²) in [6.07, 6.45) is 0.981. The van der Waals surface area contributed by atoms with Gasteiger partial charge in [-0.2, -0.15) is 0 Å². The van der Waals surface area contributed by atoms with Crippen LogP contribution in [0.25, 0.3) is 0 Å². The van der Waals surface area contributed by atoms with Crippen LogP contribution in [0, 0.1) is 0 Å². The van der Waals surface area contributed by atoms with E-state index in [2.05, 4.69) is 66.1 Å². The lowest BCUT2D eigenvalue weighted by Gasteiger charge is -2.26. The van der Waals surface area contributed by atoms with Crippen molar-refractivity contribution in [1.82, 2.24) is 4.90 Å². The molecule has 0 aliphatic rings. The van der Waals surface area contributed by atoms with Gasteiger partial charge in [-0.05, 0) is 45.1 Å². The molecule has 1 rings (SSSR count). The smallest absolute Gasteiger partial charge is 0.0356 e. The second kappa shape index (κ2) is 5.64. The molecule has 0 heterocycles. The molecule has 84 valence electrons. The number of hydrogen-bond donors (Lipinski definition) is 1. The summed E-state index contributed by atoms with van der Waals surface area (Å²) in [6.45, 7) is 2.05. The van der Waals surface area contributed by atoms with Crippen molar-refractivity contribution < 1.29 is 0 Å². The number of rotatable bonds is 4. The van der Waals surface area contributed by atoms with Crippen molar-refractivity contribution in [3.8, 4) is 0 Å². The minimum absolute atomic E-state index is 0.223. The van der Waals surface area contributed by atoms with Gasteiger partial charge in [0.2, 0.25) is 0 Å². The van der Waals surface area contributed by atoms with E-state index < -0.39 is 0 Å². The molecule has 0 aliphatic heterocycles. The molecule has 0 fully saturated rings. The van der Waals surface area contributed by atoms with Crippen LogP contribution in [0.15, 0.2) is 28.7 Å². The van der Waals surface area contributed by atoms with Crippen LogP contribution >= 0.6 is 15.9 Å². The third-order valence-corrected chi connectivity index (χ3v) is 3.00. The van der Waals surface area contributed by atoms with Crippen molar-refractivity contribution in [2.45, 2.75) is 25.4 Å². The number of hydrogen-bond acceptors (Lipinski definition) is 2. The molecule has 0 saturated heterocycles. The average molecular weight is 271 g/mol. The third kappa shape index (κ3) is 3.93. The molecule has 2 atom stereocenters. The molecule has 2 nitrogen and oxygen atoms in total. The SMILES string of the molecule is CC(N)CC(c1ccc(Br)cc1)N(C)C. The standard InChI is InChI=1S/C12H19BrN2/c1-9(14)8-12(15(2)3)10-4-6-11(13)7-5-10/h4-7,9,12H,8,14H2,1-3H3. The van der Waals surface area contributed by atoms with Gasteiger partial charge in [0.1, 0.15) is 0 Å². The van der Waals surface area contributed by atoms with E-state index >= 15 is 0 Å². The molecule has 1 aromatic rings. The number of nitrogens with zero attached hydrogens (tertiary/aromatic N) is 1. The Bertz CT molecular complexity index is 293. The molecule has 2 N–H and O–H groups in total. The van der Waals surface area contributed by atoms with Crippen LogP contribution in [0.2, 0.25) is 0 Å². The van der Waals surface area contributed by atoms with E-state index in [9.17, 15) is 0 Å². The molecule has 0 spiro atoms. The van der Waals surface area contributed by atoms with E-state index in [1.807, 2.05) is 0 Å². The molecule has 1 aromatic carbocycles. The van der Waals surface area contributed by atoms with Crippen LogP contribution in [0.3, 0.4) is 0 Å². The van der Waals surface area contributed by atoms with Crippen molar-refractivity contribution in [2.24, 2.45) is 5.73 Å². The molecular formula is C12H19BrN2. The molecule has 0 radical (unpaired) electrons. The Hall–Kier alpha value is -0.380. The maximum atomic E-state index is 5.86. The van der Waals surface area contributed by atoms with Crippen LogP contribution in [-0.4, -0.2) is 25.0 Å². The van der Waals surface area contributed by atoms with Gasteiger partial charge in [-0.1, -0.05) is 28.1 Å². The van der Waals surface area contributed by atoms with Crippen molar-refractivity contribution in [3.63, 3.8) is 0 Å². The van der Waals surface area contributed by atoms with Gasteiger partial charge in [-0.25, -0.2) is 0 Å². The summed E-state index contributed by atoms with van der Waals surface area (Å²) < 4.78 is 1.12. The van der Waals surface area contributed by atoms with Gasteiger partial charge in [0.05, 0.1) is 0 Å². The zero-order valence-electron chi connectivity index (χ0n) is 9.57. The summed E-state index contributed by atoms with van der Waals surface area (Å²) in [6, 6.07) is 9.08. The van der Waals surface area contributed by atoms with Crippen molar-refractivity contribution in [1.29, 1.82) is 0 Å². The number of nitrogens with two attached hydrogens (primary N) is 1. The van der Waals surface area contributed by atoms with Gasteiger partial charge in [-0.15, -0.1) is 0 Å². The fourth-order valence-electron chi connectivity index (χ4n) is 1.68. The maximum absolute atomic E-state index is 5.86. The molecular weight excluding hydrogens is 252 g/mol. The topological polar surface area (TPSA) is 29.3 Å². The molecule has 0 aromatic heterocycles. The second-order valence-corrected chi connectivity index (χ2v) is 5.16. The molecule has 15 heavy (non-hydrogen) atoms. The Morgan fingerprint density at radius 2 is 1.80 bits per heavy atom. The van der Waals surface area contributed by atoms with E-state index in [0.717, 1.165) is 10.9 Å². The van der Waals surface area contributed by atoms with E-state index in [1.165, 1.54) is 5.56 Å². The predicted octanol–water partition coefficient (Wildman–Crippen LogP) is 2.79. The van der Waals surface area contributed by atoms with Crippen LogP contribution in [0.5, 0.6) is 0 Å². The summed E-state index contributed by atoms with van der Waals surface area (Å²) in [5.74, 6) is 0. The Morgan fingerprint density at radius 3 is 2.20 bits per heavy atom. The molecule has 0 saturated carbocycles. The zero-order valence-corrected chi connectivity index (χ0v) is 11.2. The van der Waals surface area contributed by atoms with Crippen molar-refractivity contribution in [3.05, 3.63) is 34.3 Å². The van der Waals surface area contributed by atoms with Crippen molar-refractivity contribution in [2.75, 3.05) is 14.1 Å². The lowest BCUT2D eigenvalue weighted by molar-refractivity contribution is 0.272. The van der Waals surface area contributed by atoms with Gasteiger partial charge < -0.3 is 10.6 Å². The lowest BCUT2D eigenvalue weighted by Crippen LogP contribution is -2.27. The Kier molecular flexibility index (Phi) is 4.77. The van der Waals surface area contributed by atoms with Crippen LogP contribution < -0.4 is 5.73 Å². The van der Waals surface area contributed by atoms with Gasteiger partial charge in [0.25, 0.3) is 0 Å². The lowest BCUT2D eigenvalue weighted by atomic mass is 9.99. The monoisotopic (exact) mass is 270 g/mol. The summed E-state index contributed by atoms with van der Waals surface area (Å²) in [4.78, 5) is 2.21. The van der Waals surface area contributed by atoms with E-state index in [-0.39, 0.29) is 6.04 Å². The summed E-state index contributed by atoms with van der Waals surface area (Å²) in [7, 11) is 4.18. The van der Waals surface area contributed by atoms with Crippen LogP contribution in [-0.2, 0) is 0 Å². The normalized spacial score (nSPS) is 15.3. The molecule has 0 aliphatic carbocycles. The van der Waals surface area contributed by atoms with Gasteiger partial charge in [0, 0.05) is 16.6 Å². The number of benzene rings is 1. The second-order valence-electron chi connectivity index (χ2n) is 4.24. The van der Waals surface area contributed by atoms with Gasteiger partial charge >= 0.3 is 0 Å². The molecule has 0 bridgehead atoms. The summed E-state index contributed by atoms with van der Waals surface area (Å²) >= 11 is 3.44. The maximum Gasteiger partial charge on any atom is 0.0356 e. The summed E-state index contributed by atoms with van der Waals surface area (Å²) in [5.41, 5.74) is 7.18. The highest BCUT2D eigenvalue weighted by molar-refractivity contribution is 9.10. The highest BCUT2D eigenvalue weighted by Gasteiger charge is 2.15. The average Bonchev–Trinajstić information content (AvgIpc) is 2.15. The quantitative estimate of drug-likeness (QED) is 0.912. The first kappa shape index (κ1) is 12.7. The summed E-state index contributed by atoms with van der Waals surface area (Å²) in [5, 5.41) is 0. The molecule has 0 amide bonds. The fraction of sp³-hybridized carbons (Fsp3) is 0.500. The number of halogens is 1. The predicted molar refractivity (Wildman–Crippen MR) is 68.8 cm³/mol. The first-order chi connectivity index (χ1) is 7.00. The first-order valence-electron chi connectivity index (χ1n) is 5.18. The van der Waals surface area contributed by atoms with Crippen LogP contribution in [0.4, 0.5) is 0 Å². The van der Waals surface area contributed by atoms with Crippen LogP contribution in [0.1, 0.15) is 24.9 Å². The van der Waals surface area contributed by atoms with E-state index in [1.54, 1.807) is 0 Å². The van der Waals surface area contributed by atoms with Crippen molar-refractivity contribution >= 4 is 15.9 Å². The first-order valence-corrected chi connectivity index (χ1v) is 5.97. The Balaban J connectivity index is 2.84. The van der Waals surface area contributed by atoms with Gasteiger partial charge in [-0.3, -0.25) is 0 Å². The largest absolute Gasteiger partial charge is 0.328 e. The Morgan fingerprint density at radius 1 is 1.27 bits per heavy atom. The molecule has 3 heteroatoms. The molecule has 2 unspecified atom stereocenters. The Labute approximate surface area is 101 Å². The fourth-order valence-corrected chi connectivity index (χ4v) is 1.95. The highest BCUT2D eigenvalue weighted by atomic mass is 79.9. The van der Waals surface area contributed by atoms with Gasteiger partial charge in [0.15, 0.2) is 0 Å².